The van der Waals surface area contributed by atoms with Gasteiger partial charge >= 0.3 is 5.97 Å². The van der Waals surface area contributed by atoms with E-state index in [1.165, 1.54) is 7.11 Å². The van der Waals surface area contributed by atoms with Crippen molar-refractivity contribution in [3.8, 4) is 0 Å². The van der Waals surface area contributed by atoms with Crippen molar-refractivity contribution in [1.82, 2.24) is 10.6 Å². The molecule has 0 saturated carbocycles. The van der Waals surface area contributed by atoms with Crippen LogP contribution in [0, 0.1) is 0 Å². The number of nitrogens with one attached hydrogen (secondary N) is 2. The second kappa shape index (κ2) is 5.97. The molecule has 86 valence electrons. The van der Waals surface area contributed by atoms with Crippen molar-refractivity contribution >= 4 is 23.6 Å². The van der Waals surface area contributed by atoms with Crippen molar-refractivity contribution in [2.75, 3.05) is 18.7 Å². The Balaban J connectivity index is 2.27. The molecule has 0 aliphatic carbocycles. The summed E-state index contributed by atoms with van der Waals surface area (Å²) in [5.74, 6) is 1.24. The zero-order valence-corrected chi connectivity index (χ0v) is 9.73. The van der Waals surface area contributed by atoms with Crippen molar-refractivity contribution in [1.29, 1.82) is 0 Å². The lowest BCUT2D eigenvalue weighted by Crippen LogP contribution is -2.46. The highest BCUT2D eigenvalue weighted by molar-refractivity contribution is 7.99. The van der Waals surface area contributed by atoms with Gasteiger partial charge in [-0.25, -0.2) is 0 Å². The Labute approximate surface area is 93.3 Å². The van der Waals surface area contributed by atoms with Crippen LogP contribution in [0.25, 0.3) is 0 Å². The fraction of sp³-hybridized carbons (Fsp3) is 0.778. The highest BCUT2D eigenvalue weighted by Gasteiger charge is 2.23. The average molecular weight is 232 g/mol. The lowest BCUT2D eigenvalue weighted by Gasteiger charge is -2.15. The van der Waals surface area contributed by atoms with Gasteiger partial charge in [0.2, 0.25) is 5.91 Å². The molecule has 1 aliphatic heterocycles. The number of esters is 1. The van der Waals surface area contributed by atoms with Gasteiger partial charge in [0.25, 0.3) is 0 Å². The van der Waals surface area contributed by atoms with Crippen LogP contribution in [0.15, 0.2) is 0 Å². The maximum Gasteiger partial charge on any atom is 0.307 e. The molecule has 1 aliphatic rings. The van der Waals surface area contributed by atoms with E-state index in [2.05, 4.69) is 15.4 Å². The van der Waals surface area contributed by atoms with Gasteiger partial charge in [-0.3, -0.25) is 14.9 Å². The van der Waals surface area contributed by atoms with Gasteiger partial charge < -0.3 is 10.1 Å². The lowest BCUT2D eigenvalue weighted by atomic mass is 10.2. The molecule has 1 fully saturated rings. The maximum atomic E-state index is 11.6. The second-order valence-electron chi connectivity index (χ2n) is 3.46. The minimum atomic E-state index is -0.309. The number of thioether (sulfide) groups is 1. The van der Waals surface area contributed by atoms with Gasteiger partial charge in [0.15, 0.2) is 0 Å². The summed E-state index contributed by atoms with van der Waals surface area (Å²) in [6.07, 6.45) is 0.210. The smallest absolute Gasteiger partial charge is 0.307 e. The van der Waals surface area contributed by atoms with Crippen molar-refractivity contribution in [3.05, 3.63) is 0 Å². The monoisotopic (exact) mass is 232 g/mol. The Bertz CT molecular complexity index is 242. The van der Waals surface area contributed by atoms with Crippen LogP contribution in [0.5, 0.6) is 0 Å². The van der Waals surface area contributed by atoms with Crippen LogP contribution in [0.2, 0.25) is 0 Å². The van der Waals surface area contributed by atoms with Crippen LogP contribution in [0.3, 0.4) is 0 Å². The molecule has 2 N–H and O–H groups in total. The van der Waals surface area contributed by atoms with Crippen LogP contribution in [-0.4, -0.2) is 42.7 Å². The number of ether oxygens (including phenoxy) is 1. The molecule has 1 amide bonds. The molecular weight excluding hydrogens is 216 g/mol. The lowest BCUT2D eigenvalue weighted by molar-refractivity contribution is -0.141. The van der Waals surface area contributed by atoms with Crippen molar-refractivity contribution in [2.24, 2.45) is 0 Å². The van der Waals surface area contributed by atoms with E-state index in [1.54, 1.807) is 18.7 Å². The van der Waals surface area contributed by atoms with Crippen LogP contribution < -0.4 is 10.6 Å². The quantitative estimate of drug-likeness (QED) is 0.652. The predicted molar refractivity (Wildman–Crippen MR) is 58.5 cm³/mol. The Morgan fingerprint density at radius 1 is 1.67 bits per heavy atom. The molecule has 0 radical (unpaired) electrons. The zero-order valence-electron chi connectivity index (χ0n) is 8.91. The number of carbonyl (C=O) groups excluding carboxylic acids is 2. The molecule has 2 atom stereocenters. The standard InChI is InChI=1S/C9H16N2O3S/c1-6(3-8(12)14-2)11-9(13)7-4-15-5-10-7/h6-7,10H,3-5H2,1-2H3,(H,11,13)/t6?,7-/m1/s1. The molecule has 1 saturated heterocycles. The van der Waals surface area contributed by atoms with Gasteiger partial charge in [-0.1, -0.05) is 0 Å². The summed E-state index contributed by atoms with van der Waals surface area (Å²) in [6, 6.07) is -0.313. The number of carbonyl (C=O) groups is 2. The summed E-state index contributed by atoms with van der Waals surface area (Å²) in [5, 5.41) is 5.84. The maximum absolute atomic E-state index is 11.6. The summed E-state index contributed by atoms with van der Waals surface area (Å²) < 4.78 is 4.52. The molecule has 1 unspecified atom stereocenters. The van der Waals surface area contributed by atoms with Crippen LogP contribution >= 0.6 is 11.8 Å². The van der Waals surface area contributed by atoms with Crippen molar-refractivity contribution in [2.45, 2.75) is 25.4 Å². The van der Waals surface area contributed by atoms with Gasteiger partial charge in [-0.2, -0.15) is 0 Å². The summed E-state index contributed by atoms with van der Waals surface area (Å²) in [6.45, 7) is 1.79. The van der Waals surface area contributed by atoms with Crippen LogP contribution in [0.4, 0.5) is 0 Å². The summed E-state index contributed by atoms with van der Waals surface area (Å²) in [5.41, 5.74) is 0. The van der Waals surface area contributed by atoms with Gasteiger partial charge in [0, 0.05) is 17.7 Å². The highest BCUT2D eigenvalue weighted by Crippen LogP contribution is 2.09. The van der Waals surface area contributed by atoms with Crippen LogP contribution in [0.1, 0.15) is 13.3 Å². The molecule has 5 nitrogen and oxygen atoms in total. The first-order chi connectivity index (χ1) is 7.13. The molecule has 0 aromatic rings. The minimum Gasteiger partial charge on any atom is -0.469 e. The molecule has 6 heteroatoms. The molecular formula is C9H16N2O3S. The van der Waals surface area contributed by atoms with E-state index in [-0.39, 0.29) is 30.4 Å². The molecule has 0 spiro atoms. The third-order valence-corrected chi connectivity index (χ3v) is 3.06. The van der Waals surface area contributed by atoms with E-state index in [0.717, 1.165) is 11.6 Å². The Morgan fingerprint density at radius 3 is 2.93 bits per heavy atom. The zero-order chi connectivity index (χ0) is 11.3. The topological polar surface area (TPSA) is 67.4 Å². The molecule has 15 heavy (non-hydrogen) atoms. The SMILES string of the molecule is COC(=O)CC(C)NC(=O)[C@H]1CSCN1. The number of hydrogen-bond donors (Lipinski definition) is 2. The fourth-order valence-corrected chi connectivity index (χ4v) is 2.23. The Morgan fingerprint density at radius 2 is 2.40 bits per heavy atom. The molecule has 1 rings (SSSR count). The largest absolute Gasteiger partial charge is 0.469 e. The second-order valence-corrected chi connectivity index (χ2v) is 4.49. The van der Waals surface area contributed by atoms with E-state index in [1.807, 2.05) is 0 Å². The van der Waals surface area contributed by atoms with Gasteiger partial charge in [0.05, 0.1) is 19.6 Å². The normalized spacial score (nSPS) is 22.1. The highest BCUT2D eigenvalue weighted by atomic mass is 32.2. The summed E-state index contributed by atoms with van der Waals surface area (Å²) in [4.78, 5) is 22.5. The molecule has 0 aromatic carbocycles. The van der Waals surface area contributed by atoms with E-state index >= 15 is 0 Å². The summed E-state index contributed by atoms with van der Waals surface area (Å²) in [7, 11) is 1.34. The van der Waals surface area contributed by atoms with E-state index in [0.29, 0.717) is 0 Å². The number of hydrogen-bond acceptors (Lipinski definition) is 5. The third-order valence-electron chi connectivity index (χ3n) is 2.12. The number of amides is 1. The Kier molecular flexibility index (Phi) is 4.90. The summed E-state index contributed by atoms with van der Waals surface area (Å²) >= 11 is 1.69. The van der Waals surface area contributed by atoms with E-state index < -0.39 is 0 Å². The first-order valence-electron chi connectivity index (χ1n) is 4.81. The number of rotatable bonds is 4. The van der Waals surface area contributed by atoms with Crippen LogP contribution in [-0.2, 0) is 14.3 Å². The molecule has 0 bridgehead atoms. The fourth-order valence-electron chi connectivity index (χ4n) is 1.29. The molecule has 1 heterocycles. The van der Waals surface area contributed by atoms with Crippen molar-refractivity contribution < 1.29 is 14.3 Å². The molecule has 0 aromatic heterocycles. The Hall–Kier alpha value is -0.750. The first kappa shape index (κ1) is 12.3. The van der Waals surface area contributed by atoms with Gasteiger partial charge in [0.1, 0.15) is 0 Å². The van der Waals surface area contributed by atoms with E-state index in [4.69, 9.17) is 0 Å². The number of methoxy groups -OCH3 is 1. The average Bonchev–Trinajstić information content (AvgIpc) is 2.70. The van der Waals surface area contributed by atoms with E-state index in [9.17, 15) is 9.59 Å². The van der Waals surface area contributed by atoms with Crippen molar-refractivity contribution in [3.63, 3.8) is 0 Å². The van der Waals surface area contributed by atoms with Gasteiger partial charge in [-0.05, 0) is 6.92 Å². The predicted octanol–water partition coefficient (Wildman–Crippen LogP) is -0.283. The third kappa shape index (κ3) is 4.09. The van der Waals surface area contributed by atoms with Gasteiger partial charge in [-0.15, -0.1) is 11.8 Å². The first-order valence-corrected chi connectivity index (χ1v) is 5.97. The minimum absolute atomic E-state index is 0.0450.